The number of hydrogen-bond acceptors (Lipinski definition) is 4. The highest BCUT2D eigenvalue weighted by Gasteiger charge is 2.04. The van der Waals surface area contributed by atoms with Crippen LogP contribution in [0.3, 0.4) is 0 Å². The molecular weight excluding hydrogens is 248 g/mol. The molecule has 0 fully saturated rings. The van der Waals surface area contributed by atoms with Crippen molar-refractivity contribution in [1.82, 2.24) is 15.0 Å². The summed E-state index contributed by atoms with van der Waals surface area (Å²) in [6, 6.07) is 9.83. The summed E-state index contributed by atoms with van der Waals surface area (Å²) in [5.41, 5.74) is 2.54. The van der Waals surface area contributed by atoms with Gasteiger partial charge in [-0.25, -0.2) is 15.0 Å². The number of aromatic nitrogens is 3. The lowest BCUT2D eigenvalue weighted by Crippen LogP contribution is -1.99. The van der Waals surface area contributed by atoms with Crippen LogP contribution in [-0.4, -0.2) is 20.7 Å². The maximum Gasteiger partial charge on any atom is 0.162 e. The standard InChI is InChI=1S/C16H14N4/c1-3-13(16-19-11-17-12-20-16)10-15(18-4-2)14-8-6-5-7-9-14/h3-12H,1-2H2/b13-10+,18-15?. The Hall–Kier alpha value is -2.88. The van der Waals surface area contributed by atoms with Crippen molar-refractivity contribution in [3.05, 3.63) is 85.9 Å². The van der Waals surface area contributed by atoms with Gasteiger partial charge in [0, 0.05) is 17.3 Å². The molecule has 2 rings (SSSR count). The summed E-state index contributed by atoms with van der Waals surface area (Å²) in [5.74, 6) is 0.558. The first-order valence-electron chi connectivity index (χ1n) is 6.06. The molecule has 1 aromatic heterocycles. The van der Waals surface area contributed by atoms with Crippen LogP contribution in [0, 0.1) is 0 Å². The topological polar surface area (TPSA) is 51.0 Å². The van der Waals surface area contributed by atoms with Gasteiger partial charge in [-0.1, -0.05) is 49.6 Å². The lowest BCUT2D eigenvalue weighted by atomic mass is 10.1. The Labute approximate surface area is 118 Å². The third-order valence-electron chi connectivity index (χ3n) is 2.56. The summed E-state index contributed by atoms with van der Waals surface area (Å²) in [5, 5.41) is 0. The van der Waals surface area contributed by atoms with E-state index in [-0.39, 0.29) is 0 Å². The maximum absolute atomic E-state index is 4.29. The smallest absolute Gasteiger partial charge is 0.162 e. The van der Waals surface area contributed by atoms with Crippen molar-refractivity contribution in [2.45, 2.75) is 0 Å². The maximum atomic E-state index is 4.29. The van der Waals surface area contributed by atoms with E-state index in [1.54, 1.807) is 6.08 Å². The Kier molecular flexibility index (Phi) is 4.67. The van der Waals surface area contributed by atoms with Crippen LogP contribution in [0.5, 0.6) is 0 Å². The van der Waals surface area contributed by atoms with E-state index in [9.17, 15) is 0 Å². The number of nitrogens with zero attached hydrogens (tertiary/aromatic N) is 4. The Morgan fingerprint density at radius 1 is 1.05 bits per heavy atom. The molecule has 0 atom stereocenters. The average molecular weight is 262 g/mol. The van der Waals surface area contributed by atoms with E-state index >= 15 is 0 Å². The van der Waals surface area contributed by atoms with Crippen LogP contribution in [0.2, 0.25) is 0 Å². The van der Waals surface area contributed by atoms with Gasteiger partial charge in [0.1, 0.15) is 12.7 Å². The second-order valence-electron chi connectivity index (χ2n) is 3.83. The Balaban J connectivity index is 2.45. The van der Waals surface area contributed by atoms with Crippen LogP contribution in [0.15, 0.2) is 79.5 Å². The van der Waals surface area contributed by atoms with Crippen molar-refractivity contribution in [1.29, 1.82) is 0 Å². The molecule has 98 valence electrons. The molecule has 1 aromatic carbocycles. The van der Waals surface area contributed by atoms with Gasteiger partial charge in [0.2, 0.25) is 0 Å². The van der Waals surface area contributed by atoms with Gasteiger partial charge in [-0.2, -0.15) is 0 Å². The molecule has 2 aromatic rings. The van der Waals surface area contributed by atoms with Gasteiger partial charge in [-0.3, -0.25) is 4.99 Å². The molecule has 0 unspecified atom stereocenters. The number of aliphatic imine (C=N–C) groups is 1. The van der Waals surface area contributed by atoms with E-state index in [1.807, 2.05) is 36.4 Å². The first-order chi connectivity index (χ1) is 9.85. The minimum atomic E-state index is 0.558. The Morgan fingerprint density at radius 3 is 2.35 bits per heavy atom. The van der Waals surface area contributed by atoms with Crippen LogP contribution >= 0.6 is 0 Å². The summed E-state index contributed by atoms with van der Waals surface area (Å²) in [6.07, 6.45) is 7.97. The Morgan fingerprint density at radius 2 is 1.75 bits per heavy atom. The first-order valence-corrected chi connectivity index (χ1v) is 6.06. The van der Waals surface area contributed by atoms with Crippen molar-refractivity contribution in [3.63, 3.8) is 0 Å². The molecule has 0 saturated carbocycles. The van der Waals surface area contributed by atoms with Crippen LogP contribution < -0.4 is 0 Å². The van der Waals surface area contributed by atoms with Gasteiger partial charge in [0.25, 0.3) is 0 Å². The molecule has 0 aliphatic rings. The van der Waals surface area contributed by atoms with Crippen molar-refractivity contribution in [2.24, 2.45) is 4.99 Å². The van der Waals surface area contributed by atoms with Crippen LogP contribution in [-0.2, 0) is 0 Å². The monoisotopic (exact) mass is 262 g/mol. The van der Waals surface area contributed by atoms with Gasteiger partial charge in [-0.05, 0) is 6.08 Å². The van der Waals surface area contributed by atoms with E-state index < -0.39 is 0 Å². The molecule has 4 heteroatoms. The van der Waals surface area contributed by atoms with E-state index in [0.717, 1.165) is 16.8 Å². The lowest BCUT2D eigenvalue weighted by Gasteiger charge is -2.03. The molecule has 0 N–H and O–H groups in total. The SMILES string of the molecule is C=CN=C(/C=C(\C=C)c1ncncn1)c1ccccc1. The van der Waals surface area contributed by atoms with Crippen LogP contribution in [0.1, 0.15) is 11.4 Å². The largest absolute Gasteiger partial charge is 0.257 e. The van der Waals surface area contributed by atoms with Gasteiger partial charge < -0.3 is 0 Å². The molecular formula is C16H14N4. The number of allylic oxidation sites excluding steroid dienone is 3. The fourth-order valence-electron chi connectivity index (χ4n) is 1.65. The fourth-order valence-corrected chi connectivity index (χ4v) is 1.65. The highest BCUT2D eigenvalue weighted by Crippen LogP contribution is 2.12. The predicted octanol–water partition coefficient (Wildman–Crippen LogP) is 3.07. The zero-order chi connectivity index (χ0) is 14.2. The minimum absolute atomic E-state index is 0.558. The van der Waals surface area contributed by atoms with E-state index in [0.29, 0.717) is 5.82 Å². The first kappa shape index (κ1) is 13.5. The molecule has 0 spiro atoms. The zero-order valence-electron chi connectivity index (χ0n) is 11.0. The van der Waals surface area contributed by atoms with E-state index in [4.69, 9.17) is 0 Å². The third kappa shape index (κ3) is 3.32. The second-order valence-corrected chi connectivity index (χ2v) is 3.83. The normalized spacial score (nSPS) is 12.0. The molecule has 0 amide bonds. The molecule has 0 aliphatic carbocycles. The van der Waals surface area contributed by atoms with Crippen molar-refractivity contribution in [3.8, 4) is 0 Å². The highest BCUT2D eigenvalue weighted by molar-refractivity contribution is 6.13. The summed E-state index contributed by atoms with van der Waals surface area (Å²) in [7, 11) is 0. The molecule has 20 heavy (non-hydrogen) atoms. The van der Waals surface area contributed by atoms with E-state index in [2.05, 4.69) is 33.1 Å². The lowest BCUT2D eigenvalue weighted by molar-refractivity contribution is 1.02. The van der Waals surface area contributed by atoms with Crippen molar-refractivity contribution >= 4 is 11.3 Å². The highest BCUT2D eigenvalue weighted by atomic mass is 15.0. The predicted molar refractivity (Wildman–Crippen MR) is 81.2 cm³/mol. The van der Waals surface area contributed by atoms with E-state index in [1.165, 1.54) is 18.9 Å². The number of rotatable bonds is 5. The molecule has 4 nitrogen and oxygen atoms in total. The van der Waals surface area contributed by atoms with Gasteiger partial charge in [0.15, 0.2) is 5.82 Å². The van der Waals surface area contributed by atoms with Crippen LogP contribution in [0.25, 0.3) is 5.57 Å². The third-order valence-corrected chi connectivity index (χ3v) is 2.56. The quantitative estimate of drug-likeness (QED) is 0.614. The van der Waals surface area contributed by atoms with Crippen molar-refractivity contribution in [2.75, 3.05) is 0 Å². The molecule has 0 saturated heterocycles. The Bertz CT molecular complexity index is 643. The van der Waals surface area contributed by atoms with Gasteiger partial charge >= 0.3 is 0 Å². The summed E-state index contributed by atoms with van der Waals surface area (Å²) < 4.78 is 0. The summed E-state index contributed by atoms with van der Waals surface area (Å²) >= 11 is 0. The molecule has 0 aliphatic heterocycles. The van der Waals surface area contributed by atoms with Gasteiger partial charge in [0.05, 0.1) is 5.71 Å². The summed E-state index contributed by atoms with van der Waals surface area (Å²) in [4.78, 5) is 16.3. The van der Waals surface area contributed by atoms with Gasteiger partial charge in [-0.15, -0.1) is 0 Å². The number of benzene rings is 1. The van der Waals surface area contributed by atoms with Crippen LogP contribution in [0.4, 0.5) is 0 Å². The molecule has 0 radical (unpaired) electrons. The van der Waals surface area contributed by atoms with Crippen molar-refractivity contribution < 1.29 is 0 Å². The molecule has 1 heterocycles. The number of hydrogen-bond donors (Lipinski definition) is 0. The summed E-state index contributed by atoms with van der Waals surface area (Å²) in [6.45, 7) is 7.44. The second kappa shape index (κ2) is 6.89. The zero-order valence-corrected chi connectivity index (χ0v) is 11.0. The fraction of sp³-hybridized carbons (Fsp3) is 0. The average Bonchev–Trinajstić information content (AvgIpc) is 2.53. The molecule has 0 bridgehead atoms. The minimum Gasteiger partial charge on any atom is -0.257 e.